The number of pyridine rings is 1. The molecule has 0 radical (unpaired) electrons. The molecule has 17 heavy (non-hydrogen) atoms. The highest BCUT2D eigenvalue weighted by atomic mass is 32.2. The number of thioether (sulfide) groups is 1. The van der Waals surface area contributed by atoms with E-state index in [4.69, 9.17) is 10.9 Å². The molecule has 0 aromatic carbocycles. The number of oxime groups is 1. The van der Waals surface area contributed by atoms with E-state index < -0.39 is 0 Å². The minimum atomic E-state index is 0.0987. The summed E-state index contributed by atoms with van der Waals surface area (Å²) in [6, 6.07) is 1.85. The third kappa shape index (κ3) is 3.26. The Morgan fingerprint density at radius 1 is 1.65 bits per heavy atom. The van der Waals surface area contributed by atoms with E-state index in [-0.39, 0.29) is 5.84 Å². The van der Waals surface area contributed by atoms with Gasteiger partial charge in [0.05, 0.1) is 5.56 Å². The summed E-state index contributed by atoms with van der Waals surface area (Å²) < 4.78 is 0. The largest absolute Gasteiger partial charge is 0.409 e. The van der Waals surface area contributed by atoms with Gasteiger partial charge in [0.1, 0.15) is 5.82 Å². The number of hydrogen-bond acceptors (Lipinski definition) is 5. The molecule has 0 aliphatic heterocycles. The monoisotopic (exact) mass is 254 g/mol. The average molecular weight is 254 g/mol. The molecule has 3 N–H and O–H groups in total. The van der Waals surface area contributed by atoms with Crippen molar-refractivity contribution in [1.29, 1.82) is 0 Å². The van der Waals surface area contributed by atoms with Crippen molar-refractivity contribution in [2.24, 2.45) is 10.9 Å². The number of nitrogens with zero attached hydrogens (tertiary/aromatic N) is 3. The van der Waals surface area contributed by atoms with Gasteiger partial charge in [0.25, 0.3) is 0 Å². The van der Waals surface area contributed by atoms with E-state index in [0.29, 0.717) is 5.56 Å². The molecule has 6 heteroatoms. The summed E-state index contributed by atoms with van der Waals surface area (Å²) in [6.45, 7) is 2.78. The summed E-state index contributed by atoms with van der Waals surface area (Å²) in [6.07, 6.45) is 3.79. The van der Waals surface area contributed by atoms with Gasteiger partial charge < -0.3 is 15.8 Å². The van der Waals surface area contributed by atoms with E-state index in [0.717, 1.165) is 23.7 Å². The molecule has 0 unspecified atom stereocenters. The lowest BCUT2D eigenvalue weighted by atomic mass is 10.1. The molecule has 94 valence electrons. The van der Waals surface area contributed by atoms with Gasteiger partial charge in [-0.05, 0) is 24.8 Å². The smallest absolute Gasteiger partial charge is 0.174 e. The predicted octanol–water partition coefficient (Wildman–Crippen LogP) is 1.28. The van der Waals surface area contributed by atoms with Crippen LogP contribution in [0.5, 0.6) is 0 Å². The number of amidine groups is 1. The summed E-state index contributed by atoms with van der Waals surface area (Å²) in [7, 11) is 1.95. The SMILES string of the molecule is CSCCN(C)c1nccc(C)c1/C(N)=N/O. The standard InChI is InChI=1S/C11H18N4OS/c1-8-4-5-13-11(9(8)10(12)14-16)15(2)6-7-17-3/h4-5,16H,6-7H2,1-3H3,(H2,12,14). The Labute approximate surface area is 106 Å². The maximum Gasteiger partial charge on any atom is 0.174 e. The molecule has 1 rings (SSSR count). The van der Waals surface area contributed by atoms with E-state index in [2.05, 4.69) is 16.4 Å². The van der Waals surface area contributed by atoms with Crippen molar-refractivity contribution in [1.82, 2.24) is 4.98 Å². The van der Waals surface area contributed by atoms with Crippen molar-refractivity contribution in [3.63, 3.8) is 0 Å². The van der Waals surface area contributed by atoms with Crippen LogP contribution < -0.4 is 10.6 Å². The number of hydrogen-bond donors (Lipinski definition) is 2. The molecule has 5 nitrogen and oxygen atoms in total. The first-order valence-corrected chi connectivity index (χ1v) is 6.64. The van der Waals surface area contributed by atoms with Crippen molar-refractivity contribution >= 4 is 23.4 Å². The van der Waals surface area contributed by atoms with E-state index in [1.165, 1.54) is 0 Å². The molecule has 1 aromatic rings. The van der Waals surface area contributed by atoms with Crippen molar-refractivity contribution in [3.05, 3.63) is 23.4 Å². The van der Waals surface area contributed by atoms with Gasteiger partial charge in [-0.1, -0.05) is 5.16 Å². The van der Waals surface area contributed by atoms with Gasteiger partial charge in [-0.2, -0.15) is 11.8 Å². The second kappa shape index (κ2) is 6.34. The summed E-state index contributed by atoms with van der Waals surface area (Å²) in [5, 5.41) is 11.9. The topological polar surface area (TPSA) is 74.7 Å². The van der Waals surface area contributed by atoms with Crippen LogP contribution in [0.1, 0.15) is 11.1 Å². The summed E-state index contributed by atoms with van der Waals surface area (Å²) in [4.78, 5) is 6.32. The van der Waals surface area contributed by atoms with Crippen LogP contribution in [-0.2, 0) is 0 Å². The molecule has 0 aliphatic carbocycles. The Balaban J connectivity index is 3.10. The first-order valence-electron chi connectivity index (χ1n) is 5.25. The molecule has 0 bridgehead atoms. The fourth-order valence-electron chi connectivity index (χ4n) is 1.53. The quantitative estimate of drug-likeness (QED) is 0.358. The maximum absolute atomic E-state index is 8.81. The van der Waals surface area contributed by atoms with Crippen LogP contribution in [0.25, 0.3) is 0 Å². The Morgan fingerprint density at radius 2 is 2.35 bits per heavy atom. The second-order valence-corrected chi connectivity index (χ2v) is 4.71. The van der Waals surface area contributed by atoms with Crippen LogP contribution in [0.15, 0.2) is 17.4 Å². The van der Waals surface area contributed by atoms with Crippen LogP contribution >= 0.6 is 11.8 Å². The van der Waals surface area contributed by atoms with Crippen molar-refractivity contribution in [2.45, 2.75) is 6.92 Å². The van der Waals surface area contributed by atoms with E-state index in [9.17, 15) is 0 Å². The zero-order valence-electron chi connectivity index (χ0n) is 10.3. The Kier molecular flexibility index (Phi) is 5.09. The molecule has 1 heterocycles. The molecule has 0 atom stereocenters. The number of aromatic nitrogens is 1. The van der Waals surface area contributed by atoms with E-state index in [1.807, 2.05) is 24.9 Å². The fraction of sp³-hybridized carbons (Fsp3) is 0.455. The van der Waals surface area contributed by atoms with Gasteiger partial charge in [-0.25, -0.2) is 4.98 Å². The van der Waals surface area contributed by atoms with Crippen LogP contribution in [-0.4, -0.2) is 41.6 Å². The van der Waals surface area contributed by atoms with Gasteiger partial charge in [0.2, 0.25) is 0 Å². The summed E-state index contributed by atoms with van der Waals surface area (Å²) in [5.74, 6) is 1.85. The minimum absolute atomic E-state index is 0.0987. The van der Waals surface area contributed by atoms with Crippen LogP contribution in [0.2, 0.25) is 0 Å². The lowest BCUT2D eigenvalue weighted by Crippen LogP contribution is -2.26. The number of anilines is 1. The molecule has 0 saturated carbocycles. The number of aryl methyl sites for hydroxylation is 1. The zero-order chi connectivity index (χ0) is 12.8. The lowest BCUT2D eigenvalue weighted by molar-refractivity contribution is 0.318. The Morgan fingerprint density at radius 3 is 2.94 bits per heavy atom. The summed E-state index contributed by atoms with van der Waals surface area (Å²) >= 11 is 1.77. The van der Waals surface area contributed by atoms with Gasteiger partial charge in [0.15, 0.2) is 5.84 Å². The fourth-order valence-corrected chi connectivity index (χ4v) is 1.99. The number of nitrogens with two attached hydrogens (primary N) is 1. The van der Waals surface area contributed by atoms with Gasteiger partial charge in [-0.15, -0.1) is 0 Å². The highest BCUT2D eigenvalue weighted by molar-refractivity contribution is 7.98. The third-order valence-corrected chi connectivity index (χ3v) is 3.09. The average Bonchev–Trinajstić information content (AvgIpc) is 2.34. The highest BCUT2D eigenvalue weighted by Gasteiger charge is 2.14. The Bertz CT molecular complexity index is 408. The van der Waals surface area contributed by atoms with Crippen LogP contribution in [0.3, 0.4) is 0 Å². The van der Waals surface area contributed by atoms with Gasteiger partial charge >= 0.3 is 0 Å². The highest BCUT2D eigenvalue weighted by Crippen LogP contribution is 2.19. The normalized spacial score (nSPS) is 11.6. The maximum atomic E-state index is 8.81. The molecule has 0 amide bonds. The predicted molar refractivity (Wildman–Crippen MR) is 73.1 cm³/mol. The molecular formula is C11H18N4OS. The first-order chi connectivity index (χ1) is 8.11. The second-order valence-electron chi connectivity index (χ2n) is 3.73. The third-order valence-electron chi connectivity index (χ3n) is 2.50. The molecule has 0 spiro atoms. The van der Waals surface area contributed by atoms with Crippen LogP contribution in [0.4, 0.5) is 5.82 Å². The minimum Gasteiger partial charge on any atom is -0.409 e. The zero-order valence-corrected chi connectivity index (χ0v) is 11.2. The molecule has 1 aromatic heterocycles. The summed E-state index contributed by atoms with van der Waals surface area (Å²) in [5.41, 5.74) is 7.33. The molecule has 0 fully saturated rings. The van der Waals surface area contributed by atoms with Crippen molar-refractivity contribution < 1.29 is 5.21 Å². The molecule has 0 saturated heterocycles. The van der Waals surface area contributed by atoms with E-state index in [1.54, 1.807) is 18.0 Å². The van der Waals surface area contributed by atoms with Crippen LogP contribution in [0, 0.1) is 6.92 Å². The van der Waals surface area contributed by atoms with Crippen molar-refractivity contribution in [2.75, 3.05) is 30.5 Å². The Hall–Kier alpha value is -1.43. The molecular weight excluding hydrogens is 236 g/mol. The lowest BCUT2D eigenvalue weighted by Gasteiger charge is -2.21. The van der Waals surface area contributed by atoms with Gasteiger partial charge in [-0.3, -0.25) is 0 Å². The van der Waals surface area contributed by atoms with Crippen molar-refractivity contribution in [3.8, 4) is 0 Å². The van der Waals surface area contributed by atoms with E-state index >= 15 is 0 Å². The number of rotatable bonds is 5. The molecule has 0 aliphatic rings. The van der Waals surface area contributed by atoms with Gasteiger partial charge in [0, 0.05) is 25.5 Å². The first kappa shape index (κ1) is 13.6.